The summed E-state index contributed by atoms with van der Waals surface area (Å²) in [5.41, 5.74) is 1.44. The molecule has 0 bridgehead atoms. The Hall–Kier alpha value is -2.48. The van der Waals surface area contributed by atoms with Crippen LogP contribution in [0.3, 0.4) is 0 Å². The fraction of sp³-hybridized carbons (Fsp3) is 0.389. The predicted molar refractivity (Wildman–Crippen MR) is 98.4 cm³/mol. The maximum absolute atomic E-state index is 12.7. The molecule has 0 aliphatic carbocycles. The van der Waals surface area contributed by atoms with Gasteiger partial charge in [0.05, 0.1) is 43.4 Å². The SMILES string of the molecule is CCOC(=O)C1=C(C)N=C2SCC(=O)N2C1c1c(OC)cccc1OC. The fourth-order valence-corrected chi connectivity index (χ4v) is 4.07. The molecule has 0 saturated carbocycles. The van der Waals surface area contributed by atoms with Crippen LogP contribution in [0.15, 0.2) is 34.5 Å². The third-order valence-corrected chi connectivity index (χ3v) is 5.16. The smallest absolute Gasteiger partial charge is 0.338 e. The molecule has 1 atom stereocenters. The Bertz CT molecular complexity index is 796. The van der Waals surface area contributed by atoms with Crippen LogP contribution in [-0.2, 0) is 14.3 Å². The summed E-state index contributed by atoms with van der Waals surface area (Å²) < 4.78 is 16.3. The molecule has 1 unspecified atom stereocenters. The highest BCUT2D eigenvalue weighted by Gasteiger charge is 2.45. The van der Waals surface area contributed by atoms with Gasteiger partial charge in [-0.1, -0.05) is 17.8 Å². The zero-order valence-corrected chi connectivity index (χ0v) is 15.9. The van der Waals surface area contributed by atoms with Gasteiger partial charge in [-0.2, -0.15) is 0 Å². The molecule has 0 N–H and O–H groups in total. The first-order valence-electron chi connectivity index (χ1n) is 8.15. The Morgan fingerprint density at radius 2 is 1.96 bits per heavy atom. The number of carbonyl (C=O) groups is 2. The number of hydrogen-bond acceptors (Lipinski definition) is 7. The van der Waals surface area contributed by atoms with Gasteiger partial charge < -0.3 is 14.2 Å². The van der Waals surface area contributed by atoms with Crippen molar-refractivity contribution in [1.82, 2.24) is 4.90 Å². The lowest BCUT2D eigenvalue weighted by Gasteiger charge is -2.34. The van der Waals surface area contributed by atoms with Crippen molar-refractivity contribution in [2.75, 3.05) is 26.6 Å². The topological polar surface area (TPSA) is 77.4 Å². The van der Waals surface area contributed by atoms with E-state index < -0.39 is 12.0 Å². The number of thioether (sulfide) groups is 1. The summed E-state index contributed by atoms with van der Waals surface area (Å²) in [6, 6.07) is 4.62. The maximum atomic E-state index is 12.7. The molecular formula is C18H20N2O5S. The predicted octanol–water partition coefficient (Wildman–Crippen LogP) is 2.53. The highest BCUT2D eigenvalue weighted by molar-refractivity contribution is 8.15. The average Bonchev–Trinajstić information content (AvgIpc) is 3.00. The molecule has 1 aromatic rings. The number of nitrogens with zero attached hydrogens (tertiary/aromatic N) is 2. The van der Waals surface area contributed by atoms with E-state index in [4.69, 9.17) is 14.2 Å². The number of carbonyl (C=O) groups excluding carboxylic acids is 2. The molecule has 2 aliphatic heterocycles. The standard InChI is InChI=1S/C18H20N2O5S/c1-5-25-17(22)14-10(2)19-18-20(13(21)9-26-18)16(14)15-11(23-3)7-6-8-12(15)24-4/h6-8,16H,5,9H2,1-4H3. The van der Waals surface area contributed by atoms with Crippen molar-refractivity contribution < 1.29 is 23.8 Å². The molecule has 0 aromatic heterocycles. The molecular weight excluding hydrogens is 356 g/mol. The first-order valence-corrected chi connectivity index (χ1v) is 9.14. The highest BCUT2D eigenvalue weighted by atomic mass is 32.2. The highest BCUT2D eigenvalue weighted by Crippen LogP contribution is 2.47. The van der Waals surface area contributed by atoms with Gasteiger partial charge in [0.2, 0.25) is 5.91 Å². The van der Waals surface area contributed by atoms with Crippen molar-refractivity contribution in [1.29, 1.82) is 0 Å². The van der Waals surface area contributed by atoms with Crippen molar-refractivity contribution in [3.63, 3.8) is 0 Å². The number of allylic oxidation sites excluding steroid dienone is 1. The van der Waals surface area contributed by atoms with E-state index in [1.54, 1.807) is 32.0 Å². The second-order valence-corrected chi connectivity index (χ2v) is 6.59. The summed E-state index contributed by atoms with van der Waals surface area (Å²) in [6.45, 7) is 3.71. The van der Waals surface area contributed by atoms with E-state index in [1.807, 2.05) is 0 Å². The van der Waals surface area contributed by atoms with Crippen molar-refractivity contribution in [3.05, 3.63) is 35.0 Å². The first-order chi connectivity index (χ1) is 12.5. The average molecular weight is 376 g/mol. The molecule has 0 radical (unpaired) electrons. The quantitative estimate of drug-likeness (QED) is 0.735. The van der Waals surface area contributed by atoms with Gasteiger partial charge in [0.15, 0.2) is 5.17 Å². The number of methoxy groups -OCH3 is 2. The molecule has 8 heteroatoms. The van der Waals surface area contributed by atoms with Crippen LogP contribution in [0.2, 0.25) is 0 Å². The normalized spacial score (nSPS) is 19.2. The Kier molecular flexibility index (Phi) is 5.22. The zero-order chi connectivity index (χ0) is 18.8. The first kappa shape index (κ1) is 18.3. The van der Waals surface area contributed by atoms with Crippen LogP contribution in [0.4, 0.5) is 0 Å². The van der Waals surface area contributed by atoms with E-state index in [9.17, 15) is 9.59 Å². The second kappa shape index (κ2) is 7.41. The van der Waals surface area contributed by atoms with Gasteiger partial charge in [0.1, 0.15) is 17.5 Å². The van der Waals surface area contributed by atoms with Gasteiger partial charge in [-0.3, -0.25) is 9.69 Å². The minimum Gasteiger partial charge on any atom is -0.496 e. The Morgan fingerprint density at radius 1 is 1.31 bits per heavy atom. The van der Waals surface area contributed by atoms with Gasteiger partial charge >= 0.3 is 5.97 Å². The lowest BCUT2D eigenvalue weighted by atomic mass is 9.93. The van der Waals surface area contributed by atoms with Gasteiger partial charge in [0.25, 0.3) is 0 Å². The van der Waals surface area contributed by atoms with E-state index in [2.05, 4.69) is 4.99 Å². The van der Waals surface area contributed by atoms with Crippen LogP contribution in [0.1, 0.15) is 25.5 Å². The van der Waals surface area contributed by atoms with Gasteiger partial charge in [-0.25, -0.2) is 9.79 Å². The molecule has 26 heavy (non-hydrogen) atoms. The number of amides is 1. The van der Waals surface area contributed by atoms with E-state index in [0.29, 0.717) is 33.5 Å². The van der Waals surface area contributed by atoms with Gasteiger partial charge in [-0.15, -0.1) is 0 Å². The zero-order valence-electron chi connectivity index (χ0n) is 15.1. The number of esters is 1. The van der Waals surface area contributed by atoms with E-state index >= 15 is 0 Å². The number of fused-ring (bicyclic) bond motifs is 1. The largest absolute Gasteiger partial charge is 0.496 e. The molecule has 1 saturated heterocycles. The summed E-state index contributed by atoms with van der Waals surface area (Å²) in [6.07, 6.45) is 0. The summed E-state index contributed by atoms with van der Waals surface area (Å²) in [7, 11) is 3.08. The number of amidine groups is 1. The molecule has 1 fully saturated rings. The number of hydrogen-bond donors (Lipinski definition) is 0. The lowest BCUT2D eigenvalue weighted by Crippen LogP contribution is -2.40. The van der Waals surface area contributed by atoms with E-state index in [0.717, 1.165) is 0 Å². The summed E-state index contributed by atoms with van der Waals surface area (Å²) in [5, 5.41) is 0.568. The molecule has 138 valence electrons. The number of benzene rings is 1. The second-order valence-electron chi connectivity index (χ2n) is 5.65. The molecule has 7 nitrogen and oxygen atoms in total. The van der Waals surface area contributed by atoms with Crippen LogP contribution >= 0.6 is 11.8 Å². The Labute approximate surface area is 156 Å². The van der Waals surface area contributed by atoms with Crippen LogP contribution in [0.5, 0.6) is 11.5 Å². The van der Waals surface area contributed by atoms with Crippen LogP contribution in [-0.4, -0.2) is 48.5 Å². The molecule has 0 spiro atoms. The minimum atomic E-state index is -0.713. The third-order valence-electron chi connectivity index (χ3n) is 4.22. The molecule has 1 aromatic carbocycles. The van der Waals surface area contributed by atoms with Crippen LogP contribution in [0.25, 0.3) is 0 Å². The fourth-order valence-electron chi connectivity index (χ4n) is 3.13. The molecule has 3 rings (SSSR count). The minimum absolute atomic E-state index is 0.124. The molecule has 2 heterocycles. The Morgan fingerprint density at radius 3 is 2.54 bits per heavy atom. The maximum Gasteiger partial charge on any atom is 0.338 e. The molecule has 2 aliphatic rings. The summed E-state index contributed by atoms with van der Waals surface area (Å²) in [5.74, 6) is 0.692. The summed E-state index contributed by atoms with van der Waals surface area (Å²) >= 11 is 1.35. The van der Waals surface area contributed by atoms with E-state index in [1.165, 1.54) is 30.9 Å². The van der Waals surface area contributed by atoms with Gasteiger partial charge in [0, 0.05) is 0 Å². The third kappa shape index (κ3) is 2.94. The number of aliphatic imine (C=N–C) groups is 1. The molecule has 1 amide bonds. The van der Waals surface area contributed by atoms with Gasteiger partial charge in [-0.05, 0) is 26.0 Å². The Balaban J connectivity index is 2.26. The number of ether oxygens (including phenoxy) is 3. The monoisotopic (exact) mass is 376 g/mol. The van der Waals surface area contributed by atoms with Crippen molar-refractivity contribution >= 4 is 28.8 Å². The van der Waals surface area contributed by atoms with Crippen molar-refractivity contribution in [3.8, 4) is 11.5 Å². The van der Waals surface area contributed by atoms with Crippen LogP contribution < -0.4 is 9.47 Å². The lowest BCUT2D eigenvalue weighted by molar-refractivity contribution is -0.139. The van der Waals surface area contributed by atoms with E-state index in [-0.39, 0.29) is 18.3 Å². The van der Waals surface area contributed by atoms with Crippen molar-refractivity contribution in [2.45, 2.75) is 19.9 Å². The van der Waals surface area contributed by atoms with Crippen LogP contribution in [0, 0.1) is 0 Å². The van der Waals surface area contributed by atoms with Crippen molar-refractivity contribution in [2.24, 2.45) is 4.99 Å². The summed E-state index contributed by atoms with van der Waals surface area (Å²) in [4.78, 5) is 31.3. The number of rotatable bonds is 5.